The number of carbonyl (C=O) groups excluding carboxylic acids is 1. The van der Waals surface area contributed by atoms with Gasteiger partial charge in [-0.15, -0.1) is 0 Å². The Morgan fingerprint density at radius 3 is 2.18 bits per heavy atom. The van der Waals surface area contributed by atoms with E-state index in [9.17, 15) is 4.79 Å². The van der Waals surface area contributed by atoms with Gasteiger partial charge in [-0.25, -0.2) is 0 Å². The van der Waals surface area contributed by atoms with Gasteiger partial charge < -0.3 is 10.6 Å². The molecule has 0 aromatic heterocycles. The van der Waals surface area contributed by atoms with Crippen molar-refractivity contribution in [1.82, 2.24) is 10.6 Å². The topological polar surface area (TPSA) is 41.1 Å². The van der Waals surface area contributed by atoms with Gasteiger partial charge in [-0.05, 0) is 19.4 Å². The Hall–Kier alpha value is -0.570. The molecular formula is C8H18N2O. The molecule has 1 amide bonds. The van der Waals surface area contributed by atoms with Gasteiger partial charge in [0.2, 0.25) is 5.91 Å². The van der Waals surface area contributed by atoms with Gasteiger partial charge in [0.15, 0.2) is 0 Å². The SMILES string of the molecule is CNC(=O)C(CC(C)C)NC. The molecule has 2 N–H and O–H groups in total. The van der Waals surface area contributed by atoms with Crippen LogP contribution >= 0.6 is 0 Å². The predicted molar refractivity (Wildman–Crippen MR) is 46.4 cm³/mol. The molecule has 0 radical (unpaired) electrons. The number of amides is 1. The van der Waals surface area contributed by atoms with Crippen molar-refractivity contribution in [2.45, 2.75) is 26.3 Å². The first-order valence-corrected chi connectivity index (χ1v) is 4.00. The van der Waals surface area contributed by atoms with Gasteiger partial charge in [0, 0.05) is 7.05 Å². The maximum atomic E-state index is 11.1. The Morgan fingerprint density at radius 2 is 1.91 bits per heavy atom. The van der Waals surface area contributed by atoms with Crippen molar-refractivity contribution >= 4 is 5.91 Å². The summed E-state index contributed by atoms with van der Waals surface area (Å²) in [5.41, 5.74) is 0. The van der Waals surface area contributed by atoms with Crippen molar-refractivity contribution in [3.8, 4) is 0 Å². The molecule has 66 valence electrons. The number of carbonyl (C=O) groups is 1. The summed E-state index contributed by atoms with van der Waals surface area (Å²) in [5.74, 6) is 0.617. The fourth-order valence-electron chi connectivity index (χ4n) is 1.00. The Balaban J connectivity index is 3.84. The Morgan fingerprint density at radius 1 is 1.36 bits per heavy atom. The zero-order valence-electron chi connectivity index (χ0n) is 7.77. The number of hydrogen-bond acceptors (Lipinski definition) is 2. The minimum Gasteiger partial charge on any atom is -0.358 e. The Bertz CT molecular complexity index is 123. The van der Waals surface area contributed by atoms with Crippen molar-refractivity contribution in [1.29, 1.82) is 0 Å². The zero-order chi connectivity index (χ0) is 8.85. The summed E-state index contributed by atoms with van der Waals surface area (Å²) in [6.45, 7) is 4.21. The van der Waals surface area contributed by atoms with Crippen molar-refractivity contribution < 1.29 is 4.79 Å². The van der Waals surface area contributed by atoms with Crippen LogP contribution < -0.4 is 10.6 Å². The number of nitrogens with one attached hydrogen (secondary N) is 2. The second-order valence-corrected chi connectivity index (χ2v) is 3.09. The van der Waals surface area contributed by atoms with E-state index < -0.39 is 0 Å². The third kappa shape index (κ3) is 3.98. The highest BCUT2D eigenvalue weighted by Crippen LogP contribution is 2.03. The molecule has 3 nitrogen and oxygen atoms in total. The van der Waals surface area contributed by atoms with Gasteiger partial charge in [0.05, 0.1) is 6.04 Å². The van der Waals surface area contributed by atoms with Crippen molar-refractivity contribution in [2.24, 2.45) is 5.92 Å². The van der Waals surface area contributed by atoms with E-state index in [-0.39, 0.29) is 11.9 Å². The largest absolute Gasteiger partial charge is 0.358 e. The lowest BCUT2D eigenvalue weighted by Crippen LogP contribution is -2.41. The first kappa shape index (κ1) is 10.4. The van der Waals surface area contributed by atoms with E-state index in [4.69, 9.17) is 0 Å². The van der Waals surface area contributed by atoms with Crippen LogP contribution in [0.2, 0.25) is 0 Å². The van der Waals surface area contributed by atoms with Crippen LogP contribution in [0, 0.1) is 5.92 Å². The second-order valence-electron chi connectivity index (χ2n) is 3.09. The lowest BCUT2D eigenvalue weighted by Gasteiger charge is -2.15. The molecule has 0 fully saturated rings. The van der Waals surface area contributed by atoms with Gasteiger partial charge in [0.25, 0.3) is 0 Å². The van der Waals surface area contributed by atoms with Gasteiger partial charge in [0.1, 0.15) is 0 Å². The summed E-state index contributed by atoms with van der Waals surface area (Å²) < 4.78 is 0. The summed E-state index contributed by atoms with van der Waals surface area (Å²) in [5, 5.41) is 5.59. The van der Waals surface area contributed by atoms with E-state index in [0.29, 0.717) is 5.92 Å². The van der Waals surface area contributed by atoms with E-state index in [1.807, 2.05) is 7.05 Å². The normalized spacial score (nSPS) is 13.2. The molecule has 0 aliphatic carbocycles. The Kier molecular flexibility index (Phi) is 4.86. The lowest BCUT2D eigenvalue weighted by atomic mass is 10.0. The molecule has 0 rings (SSSR count). The molecule has 0 saturated carbocycles. The molecule has 0 bridgehead atoms. The highest BCUT2D eigenvalue weighted by atomic mass is 16.2. The van der Waals surface area contributed by atoms with Gasteiger partial charge >= 0.3 is 0 Å². The van der Waals surface area contributed by atoms with E-state index >= 15 is 0 Å². The molecule has 0 aromatic rings. The van der Waals surface area contributed by atoms with Crippen LogP contribution in [0.25, 0.3) is 0 Å². The number of hydrogen-bond donors (Lipinski definition) is 2. The van der Waals surface area contributed by atoms with E-state index in [1.165, 1.54) is 0 Å². The molecule has 0 aliphatic heterocycles. The molecule has 0 heterocycles. The van der Waals surface area contributed by atoms with Crippen LogP contribution in [0.4, 0.5) is 0 Å². The van der Waals surface area contributed by atoms with Crippen molar-refractivity contribution in [3.63, 3.8) is 0 Å². The third-order valence-corrected chi connectivity index (χ3v) is 1.62. The van der Waals surface area contributed by atoms with Crippen LogP contribution in [-0.2, 0) is 4.79 Å². The van der Waals surface area contributed by atoms with Crippen molar-refractivity contribution in [2.75, 3.05) is 14.1 Å². The quantitative estimate of drug-likeness (QED) is 0.620. The summed E-state index contributed by atoms with van der Waals surface area (Å²) in [4.78, 5) is 11.1. The fourth-order valence-corrected chi connectivity index (χ4v) is 1.00. The first-order valence-electron chi connectivity index (χ1n) is 4.00. The standard InChI is InChI=1S/C8H18N2O/c1-6(2)5-7(9-3)8(11)10-4/h6-7,9H,5H2,1-4H3,(H,10,11). The average molecular weight is 158 g/mol. The highest BCUT2D eigenvalue weighted by molar-refractivity contribution is 5.81. The maximum absolute atomic E-state index is 11.1. The molecule has 0 aromatic carbocycles. The minimum absolute atomic E-state index is 0.0417. The van der Waals surface area contributed by atoms with Crippen LogP contribution in [0.3, 0.4) is 0 Å². The van der Waals surface area contributed by atoms with Crippen molar-refractivity contribution in [3.05, 3.63) is 0 Å². The minimum atomic E-state index is -0.0417. The third-order valence-electron chi connectivity index (χ3n) is 1.62. The molecule has 3 heteroatoms. The average Bonchev–Trinajstić information content (AvgIpc) is 1.98. The van der Waals surface area contributed by atoms with Crippen LogP contribution in [0.1, 0.15) is 20.3 Å². The first-order chi connectivity index (χ1) is 5.11. The number of rotatable bonds is 4. The van der Waals surface area contributed by atoms with Crippen LogP contribution in [-0.4, -0.2) is 26.0 Å². The van der Waals surface area contributed by atoms with Gasteiger partial charge in [-0.3, -0.25) is 4.79 Å². The zero-order valence-corrected chi connectivity index (χ0v) is 7.77. The smallest absolute Gasteiger partial charge is 0.236 e. The summed E-state index contributed by atoms with van der Waals surface area (Å²) >= 11 is 0. The van der Waals surface area contributed by atoms with E-state index in [2.05, 4.69) is 24.5 Å². The molecule has 11 heavy (non-hydrogen) atoms. The molecule has 0 spiro atoms. The molecule has 0 aliphatic rings. The molecule has 1 unspecified atom stereocenters. The van der Waals surface area contributed by atoms with Crippen LogP contribution in [0.15, 0.2) is 0 Å². The van der Waals surface area contributed by atoms with E-state index in [0.717, 1.165) is 6.42 Å². The monoisotopic (exact) mass is 158 g/mol. The number of likely N-dealkylation sites (N-methyl/N-ethyl adjacent to an activating group) is 2. The second kappa shape index (κ2) is 5.13. The molecular weight excluding hydrogens is 140 g/mol. The maximum Gasteiger partial charge on any atom is 0.236 e. The molecule has 0 saturated heterocycles. The summed E-state index contributed by atoms with van der Waals surface area (Å²) in [6, 6.07) is -0.0417. The highest BCUT2D eigenvalue weighted by Gasteiger charge is 2.15. The fraction of sp³-hybridized carbons (Fsp3) is 0.875. The molecule has 1 atom stereocenters. The van der Waals surface area contributed by atoms with E-state index in [1.54, 1.807) is 7.05 Å². The summed E-state index contributed by atoms with van der Waals surface area (Å²) in [7, 11) is 3.47. The van der Waals surface area contributed by atoms with Gasteiger partial charge in [-0.2, -0.15) is 0 Å². The van der Waals surface area contributed by atoms with Gasteiger partial charge in [-0.1, -0.05) is 13.8 Å². The Labute approximate surface area is 68.6 Å². The lowest BCUT2D eigenvalue weighted by molar-refractivity contribution is -0.122. The van der Waals surface area contributed by atoms with Crippen LogP contribution in [0.5, 0.6) is 0 Å². The summed E-state index contributed by atoms with van der Waals surface area (Å²) in [6.07, 6.45) is 0.885. The predicted octanol–water partition coefficient (Wildman–Crippen LogP) is 0.366.